The van der Waals surface area contributed by atoms with Crippen molar-refractivity contribution in [3.05, 3.63) is 56.5 Å². The summed E-state index contributed by atoms with van der Waals surface area (Å²) in [6, 6.07) is 1.62. The molecule has 11 heteroatoms. The van der Waals surface area contributed by atoms with Crippen molar-refractivity contribution in [1.29, 1.82) is 0 Å². The van der Waals surface area contributed by atoms with Gasteiger partial charge in [0, 0.05) is 61.9 Å². The van der Waals surface area contributed by atoms with E-state index in [1.54, 1.807) is 34.3 Å². The first kappa shape index (κ1) is 28.0. The second-order valence-electron chi connectivity index (χ2n) is 9.49. The van der Waals surface area contributed by atoms with Gasteiger partial charge in [0.25, 0.3) is 17.4 Å². The summed E-state index contributed by atoms with van der Waals surface area (Å²) in [5.74, 6) is 1.17. The van der Waals surface area contributed by atoms with E-state index in [0.29, 0.717) is 54.7 Å². The number of allylic oxidation sites excluding steroid dienone is 2. The largest absolute Gasteiger partial charge is 0.495 e. The molecule has 3 N–H and O–H groups in total. The topological polar surface area (TPSA) is 129 Å². The Hall–Kier alpha value is -3.99. The second-order valence-corrected chi connectivity index (χ2v) is 9.49. The van der Waals surface area contributed by atoms with E-state index in [9.17, 15) is 14.4 Å². The number of methoxy groups -OCH3 is 4. The molecule has 2 unspecified atom stereocenters. The zero-order valence-electron chi connectivity index (χ0n) is 23.2. The molecule has 210 valence electrons. The fourth-order valence-corrected chi connectivity index (χ4v) is 5.40. The number of fused-ring (bicyclic) bond motifs is 5. The number of carbonyl (C=O) groups is 2. The quantitative estimate of drug-likeness (QED) is 0.274. The molecule has 0 saturated heterocycles. The Labute approximate surface area is 227 Å². The van der Waals surface area contributed by atoms with Crippen molar-refractivity contribution < 1.29 is 28.5 Å². The summed E-state index contributed by atoms with van der Waals surface area (Å²) in [6.45, 7) is 3.34. The molecule has 0 aliphatic heterocycles. The maximum atomic E-state index is 13.3. The Balaban J connectivity index is 1.33. The maximum Gasteiger partial charge on any atom is 0.293 e. The van der Waals surface area contributed by atoms with Crippen molar-refractivity contribution in [2.45, 2.75) is 25.2 Å². The van der Waals surface area contributed by atoms with Gasteiger partial charge in [-0.05, 0) is 19.4 Å². The molecule has 1 aromatic carbocycles. The third-order valence-corrected chi connectivity index (χ3v) is 7.35. The highest BCUT2D eigenvalue weighted by molar-refractivity contribution is 6.02. The number of hydrogen-bond donors (Lipinski definition) is 3. The highest BCUT2D eigenvalue weighted by atomic mass is 16.5. The number of aromatic nitrogens is 1. The Bertz CT molecular complexity index is 1370. The molecule has 0 spiro atoms. The van der Waals surface area contributed by atoms with Crippen LogP contribution in [0.4, 0.5) is 0 Å². The van der Waals surface area contributed by atoms with Crippen LogP contribution in [0.25, 0.3) is 0 Å². The number of aryl methyl sites for hydroxylation is 1. The van der Waals surface area contributed by atoms with Crippen LogP contribution in [0.2, 0.25) is 0 Å². The van der Waals surface area contributed by atoms with Gasteiger partial charge in [-0.3, -0.25) is 14.4 Å². The number of rotatable bonds is 12. The standard InChI is InChI=1S/C28H36N4O7/c1-15-13-18(22(36-3)28(35)32(15)2)26(33)30-11-9-29-10-12-31-27(34)21-23(37-4)19-16-7-8-17(14-16)20(19)24(38-5)25(21)39-6/h7-8,13,16-17,29H,9-12,14H2,1-6H3,(H,30,33)(H,31,34). The number of ether oxygens (including phenoxy) is 4. The van der Waals surface area contributed by atoms with Crippen molar-refractivity contribution in [3.63, 3.8) is 0 Å². The lowest BCUT2D eigenvalue weighted by Crippen LogP contribution is -2.37. The van der Waals surface area contributed by atoms with Gasteiger partial charge in [0.1, 0.15) is 11.3 Å². The lowest BCUT2D eigenvalue weighted by atomic mass is 9.91. The van der Waals surface area contributed by atoms with Crippen LogP contribution in [0.1, 0.15) is 55.8 Å². The van der Waals surface area contributed by atoms with E-state index in [2.05, 4.69) is 28.1 Å². The monoisotopic (exact) mass is 540 g/mol. The molecule has 2 bridgehead atoms. The Morgan fingerprint density at radius 3 is 1.92 bits per heavy atom. The normalized spacial score (nSPS) is 16.6. The number of benzene rings is 1. The van der Waals surface area contributed by atoms with Crippen LogP contribution in [0.3, 0.4) is 0 Å². The van der Waals surface area contributed by atoms with Crippen molar-refractivity contribution in [2.24, 2.45) is 7.05 Å². The van der Waals surface area contributed by atoms with E-state index < -0.39 is 5.91 Å². The average Bonchev–Trinajstić information content (AvgIpc) is 3.56. The van der Waals surface area contributed by atoms with E-state index >= 15 is 0 Å². The molecule has 11 nitrogen and oxygen atoms in total. The first-order valence-electron chi connectivity index (χ1n) is 12.8. The number of pyridine rings is 1. The van der Waals surface area contributed by atoms with E-state index in [4.69, 9.17) is 18.9 Å². The van der Waals surface area contributed by atoms with Crippen molar-refractivity contribution in [3.8, 4) is 23.0 Å². The zero-order valence-corrected chi connectivity index (χ0v) is 23.2. The molecule has 39 heavy (non-hydrogen) atoms. The Morgan fingerprint density at radius 1 is 0.821 bits per heavy atom. The Morgan fingerprint density at radius 2 is 1.36 bits per heavy atom. The molecular weight excluding hydrogens is 504 g/mol. The van der Waals surface area contributed by atoms with Gasteiger partial charge in [-0.15, -0.1) is 0 Å². The van der Waals surface area contributed by atoms with Gasteiger partial charge < -0.3 is 39.5 Å². The number of hydrogen-bond acceptors (Lipinski definition) is 8. The van der Waals surface area contributed by atoms with Crippen molar-refractivity contribution in [2.75, 3.05) is 54.6 Å². The molecule has 2 atom stereocenters. The van der Waals surface area contributed by atoms with Crippen molar-refractivity contribution in [1.82, 2.24) is 20.5 Å². The van der Waals surface area contributed by atoms with E-state index in [0.717, 1.165) is 17.5 Å². The third-order valence-electron chi connectivity index (χ3n) is 7.35. The zero-order chi connectivity index (χ0) is 28.3. The van der Waals surface area contributed by atoms with Crippen LogP contribution in [-0.2, 0) is 7.05 Å². The minimum absolute atomic E-state index is 0.00849. The SMILES string of the molecule is COc1c(OC)c2c(c(OC)c1C(=O)NCCNCCNC(=O)c1cc(C)n(C)c(=O)c1OC)C1C=CC2C1. The van der Waals surface area contributed by atoms with Gasteiger partial charge >= 0.3 is 0 Å². The maximum absolute atomic E-state index is 13.3. The van der Waals surface area contributed by atoms with Crippen LogP contribution in [0.5, 0.6) is 23.0 Å². The molecule has 2 aliphatic rings. The highest BCUT2D eigenvalue weighted by Gasteiger charge is 2.42. The van der Waals surface area contributed by atoms with Crippen LogP contribution in [-0.4, -0.2) is 71.0 Å². The number of amides is 2. The predicted octanol–water partition coefficient (Wildman–Crippen LogP) is 1.62. The molecule has 0 radical (unpaired) electrons. The molecule has 0 saturated carbocycles. The first-order valence-corrected chi connectivity index (χ1v) is 12.8. The van der Waals surface area contributed by atoms with E-state index in [1.165, 1.54) is 18.8 Å². The predicted molar refractivity (Wildman–Crippen MR) is 146 cm³/mol. The van der Waals surface area contributed by atoms with Crippen LogP contribution in [0, 0.1) is 6.92 Å². The number of carbonyl (C=O) groups excluding carboxylic acids is 2. The van der Waals surface area contributed by atoms with E-state index in [-0.39, 0.29) is 34.6 Å². The van der Waals surface area contributed by atoms with Gasteiger partial charge in [0.15, 0.2) is 17.2 Å². The summed E-state index contributed by atoms with van der Waals surface area (Å²) in [4.78, 5) is 38.2. The van der Waals surface area contributed by atoms with E-state index in [1.807, 2.05) is 0 Å². The van der Waals surface area contributed by atoms with Crippen LogP contribution < -0.4 is 40.5 Å². The highest BCUT2D eigenvalue weighted by Crippen LogP contribution is 2.59. The fourth-order valence-electron chi connectivity index (χ4n) is 5.40. The molecule has 2 aromatic rings. The summed E-state index contributed by atoms with van der Waals surface area (Å²) in [5, 5.41) is 8.88. The lowest BCUT2D eigenvalue weighted by Gasteiger charge is -2.24. The minimum Gasteiger partial charge on any atom is -0.495 e. The molecule has 4 rings (SSSR count). The average molecular weight is 541 g/mol. The van der Waals surface area contributed by atoms with Crippen LogP contribution >= 0.6 is 0 Å². The summed E-state index contributed by atoms with van der Waals surface area (Å²) in [7, 11) is 7.65. The molecule has 1 aromatic heterocycles. The van der Waals surface area contributed by atoms with Gasteiger partial charge in [0.2, 0.25) is 0 Å². The molecular formula is C28H36N4O7. The van der Waals surface area contributed by atoms with Crippen LogP contribution in [0.15, 0.2) is 23.0 Å². The second kappa shape index (κ2) is 11.8. The van der Waals surface area contributed by atoms with Gasteiger partial charge in [-0.1, -0.05) is 12.2 Å². The number of nitrogens with zero attached hydrogens (tertiary/aromatic N) is 1. The smallest absolute Gasteiger partial charge is 0.293 e. The molecule has 2 aliphatic carbocycles. The van der Waals surface area contributed by atoms with Gasteiger partial charge in [-0.2, -0.15) is 0 Å². The number of nitrogens with one attached hydrogen (secondary N) is 3. The summed E-state index contributed by atoms with van der Waals surface area (Å²) in [5.41, 5.74) is 2.82. The molecule has 1 heterocycles. The minimum atomic E-state index is -0.393. The summed E-state index contributed by atoms with van der Waals surface area (Å²) < 4.78 is 23.7. The third kappa shape index (κ3) is 5.06. The summed E-state index contributed by atoms with van der Waals surface area (Å²) >= 11 is 0. The van der Waals surface area contributed by atoms with Crippen molar-refractivity contribution >= 4 is 11.8 Å². The fraction of sp³-hybridized carbons (Fsp3) is 0.464. The summed E-state index contributed by atoms with van der Waals surface area (Å²) in [6.07, 6.45) is 5.26. The Kier molecular flexibility index (Phi) is 8.49. The van der Waals surface area contributed by atoms with Gasteiger partial charge in [0.05, 0.1) is 34.0 Å². The lowest BCUT2D eigenvalue weighted by molar-refractivity contribution is 0.0942. The first-order chi connectivity index (χ1) is 18.8. The van der Waals surface area contributed by atoms with Gasteiger partial charge in [-0.25, -0.2) is 0 Å². The molecule has 2 amide bonds. The molecule has 0 fully saturated rings.